The summed E-state index contributed by atoms with van der Waals surface area (Å²) in [6.07, 6.45) is -0.553. The number of ether oxygens (including phenoxy) is 3. The van der Waals surface area contributed by atoms with Crippen LogP contribution >= 0.6 is 0 Å². The van der Waals surface area contributed by atoms with Gasteiger partial charge in [0.25, 0.3) is 0 Å². The molecule has 1 fully saturated rings. The average Bonchev–Trinajstić information content (AvgIpc) is 2.76. The first-order valence-corrected chi connectivity index (χ1v) is 10.2. The zero-order valence-electron chi connectivity index (χ0n) is 17.7. The van der Waals surface area contributed by atoms with Gasteiger partial charge in [-0.1, -0.05) is 24.3 Å². The van der Waals surface area contributed by atoms with Crippen LogP contribution in [0, 0.1) is 5.82 Å². The van der Waals surface area contributed by atoms with Crippen molar-refractivity contribution in [1.29, 1.82) is 0 Å². The molecular weight excluding hydrogens is 387 g/mol. The third kappa shape index (κ3) is 6.40. The van der Waals surface area contributed by atoms with E-state index in [4.69, 9.17) is 14.2 Å². The fourth-order valence-corrected chi connectivity index (χ4v) is 3.63. The Hall–Kier alpha value is -2.19. The van der Waals surface area contributed by atoms with E-state index in [1.165, 1.54) is 6.07 Å². The first-order valence-electron chi connectivity index (χ1n) is 10.2. The van der Waals surface area contributed by atoms with Crippen LogP contribution in [0.2, 0.25) is 0 Å². The molecule has 0 radical (unpaired) electrons. The van der Waals surface area contributed by atoms with Crippen LogP contribution < -0.4 is 9.47 Å². The lowest BCUT2D eigenvalue weighted by Crippen LogP contribution is -2.48. The van der Waals surface area contributed by atoms with Crippen molar-refractivity contribution in [2.75, 3.05) is 53.6 Å². The molecule has 30 heavy (non-hydrogen) atoms. The van der Waals surface area contributed by atoms with Gasteiger partial charge in [0.05, 0.1) is 33.5 Å². The number of nitrogens with zero attached hydrogens (tertiary/aromatic N) is 2. The molecule has 1 heterocycles. The highest BCUT2D eigenvalue weighted by atomic mass is 19.1. The smallest absolute Gasteiger partial charge is 0.161 e. The monoisotopic (exact) mass is 418 g/mol. The Morgan fingerprint density at radius 2 is 1.67 bits per heavy atom. The molecule has 0 spiro atoms. The molecule has 1 N–H and O–H groups in total. The Balaban J connectivity index is 1.36. The van der Waals surface area contributed by atoms with Gasteiger partial charge in [0.15, 0.2) is 11.5 Å². The van der Waals surface area contributed by atoms with E-state index in [1.807, 2.05) is 30.3 Å². The molecule has 1 saturated heterocycles. The maximum atomic E-state index is 13.8. The number of aliphatic hydroxyl groups is 1. The molecule has 2 aromatic carbocycles. The molecular formula is C23H31FN2O4. The van der Waals surface area contributed by atoms with Crippen molar-refractivity contribution in [1.82, 2.24) is 9.80 Å². The highest BCUT2D eigenvalue weighted by Crippen LogP contribution is 2.27. The highest BCUT2D eigenvalue weighted by molar-refractivity contribution is 5.42. The van der Waals surface area contributed by atoms with Gasteiger partial charge in [0.1, 0.15) is 5.82 Å². The zero-order chi connectivity index (χ0) is 21.3. The number of hydrogen-bond acceptors (Lipinski definition) is 6. The molecule has 2 aromatic rings. The van der Waals surface area contributed by atoms with Gasteiger partial charge in [-0.05, 0) is 23.8 Å². The Morgan fingerprint density at radius 1 is 0.967 bits per heavy atom. The first-order chi connectivity index (χ1) is 14.6. The van der Waals surface area contributed by atoms with Crippen LogP contribution in [-0.4, -0.2) is 74.6 Å². The van der Waals surface area contributed by atoms with Crippen LogP contribution in [-0.2, 0) is 17.9 Å². The lowest BCUT2D eigenvalue weighted by atomic mass is 10.2. The lowest BCUT2D eigenvalue weighted by Gasteiger charge is -2.35. The Bertz CT molecular complexity index is 797. The second kappa shape index (κ2) is 11.3. The normalized spacial score (nSPS) is 16.4. The predicted molar refractivity (Wildman–Crippen MR) is 113 cm³/mol. The van der Waals surface area contributed by atoms with Gasteiger partial charge in [-0.15, -0.1) is 0 Å². The fourth-order valence-electron chi connectivity index (χ4n) is 3.63. The van der Waals surface area contributed by atoms with Gasteiger partial charge < -0.3 is 19.3 Å². The molecule has 7 heteroatoms. The summed E-state index contributed by atoms with van der Waals surface area (Å²) in [6.45, 7) is 5.26. The minimum absolute atomic E-state index is 0.151. The third-order valence-electron chi connectivity index (χ3n) is 5.31. The van der Waals surface area contributed by atoms with Crippen molar-refractivity contribution < 1.29 is 23.7 Å². The van der Waals surface area contributed by atoms with E-state index in [-0.39, 0.29) is 12.4 Å². The van der Waals surface area contributed by atoms with Crippen molar-refractivity contribution in [3.63, 3.8) is 0 Å². The molecule has 6 nitrogen and oxygen atoms in total. The molecule has 0 aliphatic carbocycles. The molecule has 1 atom stereocenters. The van der Waals surface area contributed by atoms with E-state index in [1.54, 1.807) is 20.3 Å². The molecule has 1 unspecified atom stereocenters. The minimum atomic E-state index is -0.553. The van der Waals surface area contributed by atoms with Crippen LogP contribution in [0.4, 0.5) is 4.39 Å². The molecule has 1 aliphatic heterocycles. The molecule has 0 saturated carbocycles. The first kappa shape index (κ1) is 22.5. The van der Waals surface area contributed by atoms with Gasteiger partial charge >= 0.3 is 0 Å². The van der Waals surface area contributed by atoms with E-state index in [9.17, 15) is 9.50 Å². The molecule has 0 aromatic heterocycles. The molecule has 0 bridgehead atoms. The van der Waals surface area contributed by atoms with E-state index in [0.29, 0.717) is 31.2 Å². The second-order valence-corrected chi connectivity index (χ2v) is 7.53. The van der Waals surface area contributed by atoms with Crippen LogP contribution in [0.3, 0.4) is 0 Å². The lowest BCUT2D eigenvalue weighted by molar-refractivity contribution is 0.000783. The summed E-state index contributed by atoms with van der Waals surface area (Å²) in [5, 5.41) is 10.3. The van der Waals surface area contributed by atoms with Crippen molar-refractivity contribution in [2.45, 2.75) is 19.3 Å². The van der Waals surface area contributed by atoms with Crippen LogP contribution in [0.15, 0.2) is 42.5 Å². The topological polar surface area (TPSA) is 54.4 Å². The van der Waals surface area contributed by atoms with Crippen molar-refractivity contribution in [3.8, 4) is 11.5 Å². The summed E-state index contributed by atoms with van der Waals surface area (Å²) in [6, 6.07) is 12.6. The number of aliphatic hydroxyl groups excluding tert-OH is 1. The number of β-amino-alcohol motifs (C(OH)–C–C–N with tert-alkyl or cyclic N) is 1. The van der Waals surface area contributed by atoms with Crippen molar-refractivity contribution in [3.05, 3.63) is 59.4 Å². The van der Waals surface area contributed by atoms with Crippen LogP contribution in [0.1, 0.15) is 11.1 Å². The summed E-state index contributed by atoms with van der Waals surface area (Å²) < 4.78 is 30.0. The summed E-state index contributed by atoms with van der Waals surface area (Å²) in [7, 11) is 3.20. The maximum absolute atomic E-state index is 13.8. The Morgan fingerprint density at radius 3 is 2.37 bits per heavy atom. The second-order valence-electron chi connectivity index (χ2n) is 7.53. The number of rotatable bonds is 10. The third-order valence-corrected chi connectivity index (χ3v) is 5.31. The zero-order valence-corrected chi connectivity index (χ0v) is 17.7. The summed E-state index contributed by atoms with van der Waals surface area (Å²) in [5.41, 5.74) is 1.69. The summed E-state index contributed by atoms with van der Waals surface area (Å²) >= 11 is 0. The average molecular weight is 419 g/mol. The summed E-state index contributed by atoms with van der Waals surface area (Å²) in [5.74, 6) is 1.19. The minimum Gasteiger partial charge on any atom is -0.493 e. The standard InChI is InChI=1S/C23H31FN2O4/c1-28-22-8-7-18(13-23(22)29-2)16-30-17-20(27)15-26-11-9-25(10-12-26)14-19-5-3-4-6-21(19)24/h3-8,13,20,27H,9-12,14-17H2,1-2H3. The van der Waals surface area contributed by atoms with E-state index in [0.717, 1.165) is 37.3 Å². The van der Waals surface area contributed by atoms with Crippen LogP contribution in [0.5, 0.6) is 11.5 Å². The fraction of sp³-hybridized carbons (Fsp3) is 0.478. The number of benzene rings is 2. The van der Waals surface area contributed by atoms with Gasteiger partial charge in [0, 0.05) is 44.8 Å². The van der Waals surface area contributed by atoms with Crippen LogP contribution in [0.25, 0.3) is 0 Å². The molecule has 3 rings (SSSR count). The highest BCUT2D eigenvalue weighted by Gasteiger charge is 2.20. The van der Waals surface area contributed by atoms with Gasteiger partial charge in [-0.3, -0.25) is 9.80 Å². The SMILES string of the molecule is COc1ccc(COCC(O)CN2CCN(Cc3ccccc3F)CC2)cc1OC. The number of methoxy groups -OCH3 is 2. The van der Waals surface area contributed by atoms with Crippen molar-refractivity contribution in [2.24, 2.45) is 0 Å². The number of hydrogen-bond donors (Lipinski definition) is 1. The molecule has 164 valence electrons. The molecule has 0 amide bonds. The Kier molecular flexibility index (Phi) is 8.45. The van der Waals surface area contributed by atoms with Gasteiger partial charge in [-0.25, -0.2) is 4.39 Å². The quantitative estimate of drug-likeness (QED) is 0.640. The van der Waals surface area contributed by atoms with E-state index >= 15 is 0 Å². The van der Waals surface area contributed by atoms with Gasteiger partial charge in [-0.2, -0.15) is 0 Å². The largest absolute Gasteiger partial charge is 0.493 e. The predicted octanol–water partition coefficient (Wildman–Crippen LogP) is 2.54. The van der Waals surface area contributed by atoms with E-state index in [2.05, 4.69) is 9.80 Å². The summed E-state index contributed by atoms with van der Waals surface area (Å²) in [4.78, 5) is 4.47. The Labute approximate surface area is 177 Å². The maximum Gasteiger partial charge on any atom is 0.161 e. The van der Waals surface area contributed by atoms with Gasteiger partial charge in [0.2, 0.25) is 0 Å². The number of piperazine rings is 1. The van der Waals surface area contributed by atoms with E-state index < -0.39 is 6.10 Å². The molecule has 1 aliphatic rings. The van der Waals surface area contributed by atoms with Crippen molar-refractivity contribution >= 4 is 0 Å². The number of halogens is 1.